The molecule has 0 spiro atoms. The van der Waals surface area contributed by atoms with E-state index in [-0.39, 0.29) is 17.8 Å². The molecule has 4 nitrogen and oxygen atoms in total. The third kappa shape index (κ3) is 2.47. The summed E-state index contributed by atoms with van der Waals surface area (Å²) in [4.78, 5) is -0.393. The fraction of sp³-hybridized carbons (Fsp3) is 0.538. The monoisotopic (exact) mass is 286 g/mol. The average molecular weight is 286 g/mol. The van der Waals surface area contributed by atoms with Crippen LogP contribution in [0.1, 0.15) is 33.1 Å². The zero-order chi connectivity index (χ0) is 14.2. The summed E-state index contributed by atoms with van der Waals surface area (Å²) in [7, 11) is -3.89. The van der Waals surface area contributed by atoms with Crippen molar-refractivity contribution in [2.24, 2.45) is 0 Å². The zero-order valence-corrected chi connectivity index (χ0v) is 12.0. The molecule has 1 aromatic rings. The van der Waals surface area contributed by atoms with E-state index in [0.717, 1.165) is 25.3 Å². The van der Waals surface area contributed by atoms with Gasteiger partial charge in [-0.2, -0.15) is 4.31 Å². The van der Waals surface area contributed by atoms with Crippen LogP contribution in [-0.4, -0.2) is 24.8 Å². The van der Waals surface area contributed by atoms with Gasteiger partial charge in [0.25, 0.3) is 0 Å². The molecule has 2 unspecified atom stereocenters. The van der Waals surface area contributed by atoms with Crippen LogP contribution in [0.3, 0.4) is 0 Å². The lowest BCUT2D eigenvalue weighted by Crippen LogP contribution is -2.47. The first-order valence-electron chi connectivity index (χ1n) is 6.43. The van der Waals surface area contributed by atoms with E-state index < -0.39 is 20.7 Å². The molecule has 6 heteroatoms. The summed E-state index contributed by atoms with van der Waals surface area (Å²) in [6, 6.07) is 3.69. The van der Waals surface area contributed by atoms with E-state index in [4.69, 9.17) is 5.73 Å². The molecule has 2 atom stereocenters. The second-order valence-electron chi connectivity index (χ2n) is 5.12. The Morgan fingerprint density at radius 1 is 1.26 bits per heavy atom. The predicted octanol–water partition coefficient (Wildman–Crippen LogP) is 2.36. The van der Waals surface area contributed by atoms with Crippen LogP contribution in [0.15, 0.2) is 23.1 Å². The summed E-state index contributed by atoms with van der Waals surface area (Å²) in [6.45, 7) is 3.70. The molecule has 0 aromatic heterocycles. The largest absolute Gasteiger partial charge is 0.398 e. The van der Waals surface area contributed by atoms with Gasteiger partial charge in [-0.3, -0.25) is 0 Å². The van der Waals surface area contributed by atoms with Gasteiger partial charge in [0, 0.05) is 12.1 Å². The number of benzene rings is 1. The third-order valence-corrected chi connectivity index (χ3v) is 5.87. The minimum absolute atomic E-state index is 0.0371. The van der Waals surface area contributed by atoms with Gasteiger partial charge in [0.15, 0.2) is 0 Å². The van der Waals surface area contributed by atoms with E-state index in [2.05, 4.69) is 0 Å². The lowest BCUT2D eigenvalue weighted by atomic mass is 10.0. The van der Waals surface area contributed by atoms with Gasteiger partial charge < -0.3 is 5.73 Å². The SMILES string of the molecule is CC1CCCC(C)N1S(=O)(=O)c1c(N)cccc1F. The summed E-state index contributed by atoms with van der Waals surface area (Å²) in [5.74, 6) is -0.787. The lowest BCUT2D eigenvalue weighted by molar-refractivity contribution is 0.204. The second kappa shape index (κ2) is 5.09. The van der Waals surface area contributed by atoms with Gasteiger partial charge in [-0.05, 0) is 38.8 Å². The molecule has 19 heavy (non-hydrogen) atoms. The Bertz CT molecular complexity index is 544. The van der Waals surface area contributed by atoms with Crippen molar-refractivity contribution in [2.45, 2.75) is 50.1 Å². The van der Waals surface area contributed by atoms with Crippen molar-refractivity contribution in [3.05, 3.63) is 24.0 Å². The third-order valence-electron chi connectivity index (χ3n) is 3.65. The van der Waals surface area contributed by atoms with Crippen LogP contribution in [0, 0.1) is 5.82 Å². The van der Waals surface area contributed by atoms with E-state index >= 15 is 0 Å². The quantitative estimate of drug-likeness (QED) is 0.849. The molecule has 0 saturated carbocycles. The van der Waals surface area contributed by atoms with Crippen molar-refractivity contribution < 1.29 is 12.8 Å². The molecule has 106 valence electrons. The number of nitrogens with zero attached hydrogens (tertiary/aromatic N) is 1. The number of anilines is 1. The van der Waals surface area contributed by atoms with E-state index in [1.165, 1.54) is 16.4 Å². The molecule has 1 heterocycles. The Kier molecular flexibility index (Phi) is 3.82. The standard InChI is InChI=1S/C13H19FN2O2S/c1-9-5-3-6-10(2)16(9)19(17,18)13-11(14)7-4-8-12(13)15/h4,7-10H,3,5-6,15H2,1-2H3. The molecule has 0 amide bonds. The Hall–Kier alpha value is -1.14. The molecule has 0 radical (unpaired) electrons. The minimum Gasteiger partial charge on any atom is -0.398 e. The van der Waals surface area contributed by atoms with Gasteiger partial charge in [-0.15, -0.1) is 0 Å². The van der Waals surface area contributed by atoms with Gasteiger partial charge in [0.1, 0.15) is 10.7 Å². The highest BCUT2D eigenvalue weighted by Gasteiger charge is 2.38. The summed E-state index contributed by atoms with van der Waals surface area (Å²) in [5.41, 5.74) is 5.62. The molecule has 0 bridgehead atoms. The normalized spacial score (nSPS) is 25.4. The van der Waals surface area contributed by atoms with Crippen molar-refractivity contribution in [3.8, 4) is 0 Å². The van der Waals surface area contributed by atoms with Gasteiger partial charge >= 0.3 is 0 Å². The number of sulfonamides is 1. The number of hydrogen-bond acceptors (Lipinski definition) is 3. The summed E-state index contributed by atoms with van der Waals surface area (Å²) in [5, 5.41) is 0. The number of nitrogen functional groups attached to an aromatic ring is 1. The Morgan fingerprint density at radius 3 is 2.37 bits per heavy atom. The zero-order valence-electron chi connectivity index (χ0n) is 11.1. The van der Waals surface area contributed by atoms with Gasteiger partial charge in [-0.1, -0.05) is 12.5 Å². The van der Waals surface area contributed by atoms with Crippen molar-refractivity contribution >= 4 is 15.7 Å². The van der Waals surface area contributed by atoms with E-state index in [9.17, 15) is 12.8 Å². The van der Waals surface area contributed by atoms with E-state index in [1.54, 1.807) is 0 Å². The van der Waals surface area contributed by atoms with Crippen molar-refractivity contribution in [2.75, 3.05) is 5.73 Å². The predicted molar refractivity (Wildman–Crippen MR) is 72.6 cm³/mol. The molecule has 1 fully saturated rings. The van der Waals surface area contributed by atoms with Crippen molar-refractivity contribution in [1.29, 1.82) is 0 Å². The van der Waals surface area contributed by atoms with Gasteiger partial charge in [-0.25, -0.2) is 12.8 Å². The molecule has 1 aromatic carbocycles. The summed E-state index contributed by atoms with van der Waals surface area (Å²) < 4.78 is 40.6. The molecule has 1 aliphatic rings. The highest BCUT2D eigenvalue weighted by atomic mass is 32.2. The maximum atomic E-state index is 13.9. The van der Waals surface area contributed by atoms with Gasteiger partial charge in [0.2, 0.25) is 10.0 Å². The number of piperidine rings is 1. The lowest BCUT2D eigenvalue weighted by Gasteiger charge is -2.37. The maximum Gasteiger partial charge on any atom is 0.248 e. The van der Waals surface area contributed by atoms with Crippen LogP contribution >= 0.6 is 0 Å². The summed E-state index contributed by atoms with van der Waals surface area (Å²) in [6.07, 6.45) is 2.57. The first kappa shape index (κ1) is 14.3. The Morgan fingerprint density at radius 2 is 1.84 bits per heavy atom. The summed E-state index contributed by atoms with van der Waals surface area (Å²) >= 11 is 0. The first-order chi connectivity index (χ1) is 8.85. The molecular weight excluding hydrogens is 267 g/mol. The highest BCUT2D eigenvalue weighted by Crippen LogP contribution is 2.32. The molecule has 2 N–H and O–H groups in total. The first-order valence-corrected chi connectivity index (χ1v) is 7.87. The smallest absolute Gasteiger partial charge is 0.248 e. The fourth-order valence-electron chi connectivity index (χ4n) is 2.77. The molecular formula is C13H19FN2O2S. The number of halogens is 1. The van der Waals surface area contributed by atoms with Crippen LogP contribution in [0.2, 0.25) is 0 Å². The highest BCUT2D eigenvalue weighted by molar-refractivity contribution is 7.89. The average Bonchev–Trinajstić information content (AvgIpc) is 2.27. The van der Waals surface area contributed by atoms with Gasteiger partial charge in [0.05, 0.1) is 5.69 Å². The van der Waals surface area contributed by atoms with Crippen LogP contribution in [0.4, 0.5) is 10.1 Å². The van der Waals surface area contributed by atoms with Crippen LogP contribution in [0.25, 0.3) is 0 Å². The van der Waals surface area contributed by atoms with Crippen molar-refractivity contribution in [1.82, 2.24) is 4.31 Å². The number of hydrogen-bond donors (Lipinski definition) is 1. The number of rotatable bonds is 2. The molecule has 1 aliphatic heterocycles. The van der Waals surface area contributed by atoms with Crippen molar-refractivity contribution in [3.63, 3.8) is 0 Å². The van der Waals surface area contributed by atoms with E-state index in [0.29, 0.717) is 0 Å². The topological polar surface area (TPSA) is 63.4 Å². The van der Waals surface area contributed by atoms with Crippen LogP contribution < -0.4 is 5.73 Å². The molecule has 2 rings (SSSR count). The minimum atomic E-state index is -3.89. The Labute approximate surface area is 113 Å². The van der Waals surface area contributed by atoms with Crippen LogP contribution in [0.5, 0.6) is 0 Å². The fourth-order valence-corrected chi connectivity index (χ4v) is 4.82. The second-order valence-corrected chi connectivity index (χ2v) is 6.90. The van der Waals surface area contributed by atoms with Crippen LogP contribution in [-0.2, 0) is 10.0 Å². The van der Waals surface area contributed by atoms with E-state index in [1.807, 2.05) is 13.8 Å². The maximum absolute atomic E-state index is 13.9. The molecule has 0 aliphatic carbocycles. The Balaban J connectivity index is 2.53. The number of nitrogens with two attached hydrogens (primary N) is 1. The molecule has 1 saturated heterocycles.